The van der Waals surface area contributed by atoms with Crippen LogP contribution in [-0.2, 0) is 9.53 Å². The van der Waals surface area contributed by atoms with Crippen LogP contribution in [0.15, 0.2) is 0 Å². The van der Waals surface area contributed by atoms with E-state index >= 15 is 0 Å². The SMILES string of the molecule is CC1(C)C[C@@H]2CC(=O)CC[C@H]3O[C@H]3[C@@H]2C1. The first-order chi connectivity index (χ1) is 7.05. The minimum atomic E-state index is 0.427. The van der Waals surface area contributed by atoms with Gasteiger partial charge < -0.3 is 4.74 Å². The number of carbonyl (C=O) groups excluding carboxylic acids is 1. The minimum Gasteiger partial charge on any atom is -0.369 e. The standard InChI is InChI=1S/C13H20O2/c1-13(2)6-8-5-9(14)3-4-11-12(15-11)10(8)7-13/h8,10-12H,3-7H2,1-2H3/t8-,10+,11+,12-/m0/s1. The van der Waals surface area contributed by atoms with E-state index in [-0.39, 0.29) is 0 Å². The lowest BCUT2D eigenvalue weighted by Gasteiger charge is -2.18. The summed E-state index contributed by atoms with van der Waals surface area (Å²) in [5, 5.41) is 0. The molecule has 2 aliphatic carbocycles. The average molecular weight is 208 g/mol. The maximum absolute atomic E-state index is 11.7. The van der Waals surface area contributed by atoms with Crippen LogP contribution in [0.5, 0.6) is 0 Å². The zero-order valence-electron chi connectivity index (χ0n) is 9.66. The summed E-state index contributed by atoms with van der Waals surface area (Å²) in [6.45, 7) is 4.67. The van der Waals surface area contributed by atoms with Crippen LogP contribution in [0.3, 0.4) is 0 Å². The molecule has 0 aromatic rings. The molecule has 0 unspecified atom stereocenters. The molecule has 3 rings (SSSR count). The maximum atomic E-state index is 11.7. The maximum Gasteiger partial charge on any atom is 0.133 e. The summed E-state index contributed by atoms with van der Waals surface area (Å²) in [6, 6.07) is 0. The van der Waals surface area contributed by atoms with Gasteiger partial charge in [0, 0.05) is 12.8 Å². The highest BCUT2D eigenvalue weighted by molar-refractivity contribution is 5.79. The molecule has 0 radical (unpaired) electrons. The Labute approximate surface area is 91.4 Å². The van der Waals surface area contributed by atoms with Gasteiger partial charge in [0.25, 0.3) is 0 Å². The van der Waals surface area contributed by atoms with Crippen LogP contribution >= 0.6 is 0 Å². The van der Waals surface area contributed by atoms with Crippen molar-refractivity contribution in [2.45, 2.75) is 58.2 Å². The van der Waals surface area contributed by atoms with Crippen molar-refractivity contribution in [2.75, 3.05) is 0 Å². The lowest BCUT2D eigenvalue weighted by molar-refractivity contribution is -0.120. The van der Waals surface area contributed by atoms with E-state index in [9.17, 15) is 4.79 Å². The Morgan fingerprint density at radius 3 is 2.93 bits per heavy atom. The first-order valence-electron chi connectivity index (χ1n) is 6.22. The minimum absolute atomic E-state index is 0.427. The zero-order chi connectivity index (χ0) is 10.6. The van der Waals surface area contributed by atoms with Gasteiger partial charge in [0.15, 0.2) is 0 Å². The second-order valence-electron chi connectivity index (χ2n) is 6.42. The zero-order valence-corrected chi connectivity index (χ0v) is 9.66. The molecular weight excluding hydrogens is 188 g/mol. The third-order valence-corrected chi connectivity index (χ3v) is 4.45. The number of Topliss-reactive ketones (excluding diaryl/α,β-unsaturated/α-hetero) is 1. The predicted octanol–water partition coefficient (Wildman–Crippen LogP) is 2.56. The highest BCUT2D eigenvalue weighted by atomic mass is 16.6. The normalized spacial score (nSPS) is 47.7. The van der Waals surface area contributed by atoms with Gasteiger partial charge in [-0.05, 0) is 36.5 Å². The molecular formula is C13H20O2. The molecule has 0 aromatic heterocycles. The van der Waals surface area contributed by atoms with E-state index in [0.29, 0.717) is 35.2 Å². The molecule has 0 aromatic carbocycles. The van der Waals surface area contributed by atoms with Crippen molar-refractivity contribution in [2.24, 2.45) is 17.3 Å². The molecule has 3 aliphatic rings. The second kappa shape index (κ2) is 3.07. The van der Waals surface area contributed by atoms with Crippen molar-refractivity contribution in [1.82, 2.24) is 0 Å². The number of rotatable bonds is 0. The Morgan fingerprint density at radius 1 is 1.33 bits per heavy atom. The van der Waals surface area contributed by atoms with Crippen LogP contribution in [-0.4, -0.2) is 18.0 Å². The summed E-state index contributed by atoms with van der Waals surface area (Å²) >= 11 is 0. The Bertz CT molecular complexity index is 295. The molecule has 2 heteroatoms. The summed E-state index contributed by atoms with van der Waals surface area (Å²) < 4.78 is 5.74. The van der Waals surface area contributed by atoms with Gasteiger partial charge in [0.05, 0.1) is 12.2 Å². The molecule has 2 saturated carbocycles. The third-order valence-electron chi connectivity index (χ3n) is 4.45. The van der Waals surface area contributed by atoms with Gasteiger partial charge in [0.2, 0.25) is 0 Å². The quantitative estimate of drug-likeness (QED) is 0.573. The highest BCUT2D eigenvalue weighted by Crippen LogP contribution is 2.54. The van der Waals surface area contributed by atoms with E-state index in [2.05, 4.69) is 13.8 Å². The van der Waals surface area contributed by atoms with Crippen LogP contribution in [0.1, 0.15) is 46.0 Å². The fraction of sp³-hybridized carbons (Fsp3) is 0.923. The van der Waals surface area contributed by atoms with Gasteiger partial charge in [-0.2, -0.15) is 0 Å². The molecule has 2 nitrogen and oxygen atoms in total. The van der Waals surface area contributed by atoms with Crippen LogP contribution in [0, 0.1) is 17.3 Å². The van der Waals surface area contributed by atoms with Crippen molar-refractivity contribution in [3.05, 3.63) is 0 Å². The number of ketones is 1. The van der Waals surface area contributed by atoms with Gasteiger partial charge in [-0.1, -0.05) is 13.8 Å². The molecule has 3 fully saturated rings. The van der Waals surface area contributed by atoms with Crippen LogP contribution in [0.4, 0.5) is 0 Å². The first-order valence-corrected chi connectivity index (χ1v) is 6.22. The summed E-state index contributed by atoms with van der Waals surface area (Å²) in [6.07, 6.45) is 5.96. The molecule has 0 spiro atoms. The van der Waals surface area contributed by atoms with Crippen molar-refractivity contribution in [3.8, 4) is 0 Å². The van der Waals surface area contributed by atoms with Gasteiger partial charge in [-0.3, -0.25) is 4.79 Å². The second-order valence-corrected chi connectivity index (χ2v) is 6.42. The molecule has 1 heterocycles. The van der Waals surface area contributed by atoms with Crippen LogP contribution in [0.25, 0.3) is 0 Å². The fourth-order valence-electron chi connectivity index (χ4n) is 3.82. The smallest absolute Gasteiger partial charge is 0.133 e. The van der Waals surface area contributed by atoms with E-state index in [1.54, 1.807) is 0 Å². The van der Waals surface area contributed by atoms with Crippen LogP contribution < -0.4 is 0 Å². The topological polar surface area (TPSA) is 29.6 Å². The van der Waals surface area contributed by atoms with Crippen molar-refractivity contribution < 1.29 is 9.53 Å². The number of epoxide rings is 1. The Kier molecular flexibility index (Phi) is 2.01. The average Bonchev–Trinajstić information content (AvgIpc) is 2.81. The fourth-order valence-corrected chi connectivity index (χ4v) is 3.82. The number of carbonyl (C=O) groups is 1. The van der Waals surface area contributed by atoms with Gasteiger partial charge in [-0.15, -0.1) is 0 Å². The first kappa shape index (κ1) is 9.83. The Morgan fingerprint density at radius 2 is 2.13 bits per heavy atom. The van der Waals surface area contributed by atoms with Crippen molar-refractivity contribution >= 4 is 5.78 Å². The molecule has 0 N–H and O–H groups in total. The number of hydrogen-bond acceptors (Lipinski definition) is 2. The number of ether oxygens (including phenoxy) is 1. The van der Waals surface area contributed by atoms with E-state index < -0.39 is 0 Å². The van der Waals surface area contributed by atoms with E-state index in [1.807, 2.05) is 0 Å². The third kappa shape index (κ3) is 1.73. The van der Waals surface area contributed by atoms with Crippen molar-refractivity contribution in [3.63, 3.8) is 0 Å². The monoisotopic (exact) mass is 208 g/mol. The Balaban J connectivity index is 1.81. The van der Waals surface area contributed by atoms with Crippen molar-refractivity contribution in [1.29, 1.82) is 0 Å². The molecule has 0 amide bonds. The summed E-state index contributed by atoms with van der Waals surface area (Å²) in [5.41, 5.74) is 0.427. The van der Waals surface area contributed by atoms with E-state index in [1.165, 1.54) is 12.8 Å². The molecule has 84 valence electrons. The van der Waals surface area contributed by atoms with Gasteiger partial charge in [-0.25, -0.2) is 0 Å². The molecule has 0 bridgehead atoms. The highest BCUT2D eigenvalue weighted by Gasteiger charge is 2.53. The lowest BCUT2D eigenvalue weighted by Crippen LogP contribution is -2.22. The summed E-state index contributed by atoms with van der Waals surface area (Å²) in [4.78, 5) is 11.7. The molecule has 1 saturated heterocycles. The predicted molar refractivity (Wildman–Crippen MR) is 57.5 cm³/mol. The number of hydrogen-bond donors (Lipinski definition) is 0. The van der Waals surface area contributed by atoms with Gasteiger partial charge >= 0.3 is 0 Å². The lowest BCUT2D eigenvalue weighted by atomic mass is 9.84. The molecule has 15 heavy (non-hydrogen) atoms. The number of fused-ring (bicyclic) bond motifs is 3. The largest absolute Gasteiger partial charge is 0.369 e. The Hall–Kier alpha value is -0.370. The van der Waals surface area contributed by atoms with E-state index in [4.69, 9.17) is 4.74 Å². The molecule has 1 aliphatic heterocycles. The van der Waals surface area contributed by atoms with E-state index in [0.717, 1.165) is 19.3 Å². The van der Waals surface area contributed by atoms with Gasteiger partial charge in [0.1, 0.15) is 5.78 Å². The summed E-state index contributed by atoms with van der Waals surface area (Å²) in [7, 11) is 0. The summed E-state index contributed by atoms with van der Waals surface area (Å²) in [5.74, 6) is 1.76. The van der Waals surface area contributed by atoms with Crippen LogP contribution in [0.2, 0.25) is 0 Å². The molecule has 4 atom stereocenters.